The fourth-order valence-electron chi connectivity index (χ4n) is 4.40. The van der Waals surface area contributed by atoms with Crippen molar-refractivity contribution in [3.05, 3.63) is 66.1 Å². The van der Waals surface area contributed by atoms with Gasteiger partial charge in [0, 0.05) is 50.1 Å². The van der Waals surface area contributed by atoms with Crippen molar-refractivity contribution in [2.45, 2.75) is 38.0 Å². The van der Waals surface area contributed by atoms with Crippen molar-refractivity contribution >= 4 is 0 Å². The van der Waals surface area contributed by atoms with Crippen LogP contribution in [0.2, 0.25) is 0 Å². The molecule has 0 spiro atoms. The first-order valence-corrected chi connectivity index (χ1v) is 10.9. The largest absolute Gasteiger partial charge is 0.476 e. The molecule has 0 unspecified atom stereocenters. The molecule has 1 aromatic carbocycles. The summed E-state index contributed by atoms with van der Waals surface area (Å²) in [6.45, 7) is 1.46. The Balaban J connectivity index is 1.54. The first-order valence-electron chi connectivity index (χ1n) is 10.9. The molecule has 182 valence electrons. The van der Waals surface area contributed by atoms with Crippen LogP contribution < -0.4 is 4.74 Å². The number of aryl methyl sites for hydroxylation is 1. The Kier molecular flexibility index (Phi) is 6.62. The van der Waals surface area contributed by atoms with Crippen molar-refractivity contribution in [2.24, 2.45) is 13.0 Å². The molecular weight excluding hydrogens is 455 g/mol. The van der Waals surface area contributed by atoms with Crippen molar-refractivity contribution in [3.8, 4) is 17.0 Å². The van der Waals surface area contributed by atoms with Crippen LogP contribution in [-0.4, -0.2) is 44.8 Å². The minimum absolute atomic E-state index is 0.0142. The average molecular weight is 480 g/mol. The number of ether oxygens (including phenoxy) is 1. The molecule has 1 saturated heterocycles. The summed E-state index contributed by atoms with van der Waals surface area (Å²) in [5.74, 6) is -3.27. The number of benzene rings is 1. The number of hydrogen-bond donors (Lipinski definition) is 0. The SMILES string of the molecule is C[C@@H]1CC(F)(F)CN(Cc2nn(C)cc2-c2ccccc2)[C@@H]1COc1ccc(C(F)(F)F)cn1. The van der Waals surface area contributed by atoms with Crippen LogP contribution in [0.1, 0.15) is 24.6 Å². The van der Waals surface area contributed by atoms with Crippen molar-refractivity contribution in [3.63, 3.8) is 0 Å². The number of likely N-dealkylation sites (tertiary alicyclic amines) is 1. The minimum Gasteiger partial charge on any atom is -0.476 e. The topological polar surface area (TPSA) is 43.2 Å². The van der Waals surface area contributed by atoms with Crippen LogP contribution in [0.15, 0.2) is 54.9 Å². The molecule has 3 aromatic rings. The van der Waals surface area contributed by atoms with Crippen LogP contribution in [0.5, 0.6) is 5.88 Å². The number of alkyl halides is 5. The van der Waals surface area contributed by atoms with E-state index in [1.54, 1.807) is 23.6 Å². The minimum atomic E-state index is -4.50. The fourth-order valence-corrected chi connectivity index (χ4v) is 4.40. The summed E-state index contributed by atoms with van der Waals surface area (Å²) in [6.07, 6.45) is -2.24. The lowest BCUT2D eigenvalue weighted by Gasteiger charge is -2.43. The van der Waals surface area contributed by atoms with Crippen LogP contribution in [0.25, 0.3) is 11.1 Å². The number of pyridine rings is 1. The van der Waals surface area contributed by atoms with E-state index in [0.29, 0.717) is 11.9 Å². The fraction of sp³-hybridized carbons (Fsp3) is 0.417. The summed E-state index contributed by atoms with van der Waals surface area (Å²) in [5.41, 5.74) is 1.57. The maximum absolute atomic E-state index is 14.5. The van der Waals surface area contributed by atoms with E-state index in [1.807, 2.05) is 36.5 Å². The van der Waals surface area contributed by atoms with Gasteiger partial charge in [0.25, 0.3) is 5.92 Å². The Labute approximate surface area is 194 Å². The van der Waals surface area contributed by atoms with E-state index in [2.05, 4.69) is 10.1 Å². The van der Waals surface area contributed by atoms with Gasteiger partial charge >= 0.3 is 6.18 Å². The van der Waals surface area contributed by atoms with Gasteiger partial charge in [-0.25, -0.2) is 13.8 Å². The third kappa shape index (κ3) is 5.55. The van der Waals surface area contributed by atoms with Crippen LogP contribution in [0.4, 0.5) is 22.0 Å². The molecule has 5 nitrogen and oxygen atoms in total. The molecule has 1 aliphatic heterocycles. The lowest BCUT2D eigenvalue weighted by molar-refractivity contribution is -0.137. The van der Waals surface area contributed by atoms with Crippen LogP contribution >= 0.6 is 0 Å². The zero-order valence-electron chi connectivity index (χ0n) is 18.8. The summed E-state index contributed by atoms with van der Waals surface area (Å²) in [4.78, 5) is 5.37. The number of hydrogen-bond acceptors (Lipinski definition) is 4. The van der Waals surface area contributed by atoms with Gasteiger partial charge in [0.15, 0.2) is 0 Å². The normalized spacial score (nSPS) is 20.9. The Morgan fingerprint density at radius 3 is 2.50 bits per heavy atom. The third-order valence-electron chi connectivity index (χ3n) is 5.99. The van der Waals surface area contributed by atoms with E-state index < -0.39 is 36.2 Å². The standard InChI is InChI=1S/C24H25F5N4O/c1-16-10-23(25,26)15-33(13-20-19(12-32(2)31-20)17-6-4-3-5-7-17)21(16)14-34-22-9-8-18(11-30-22)24(27,28)29/h3-9,11-12,16,21H,10,13-15H2,1-2H3/t16-,21-/m1/s1. The van der Waals surface area contributed by atoms with Gasteiger partial charge in [-0.15, -0.1) is 0 Å². The first kappa shape index (κ1) is 24.1. The van der Waals surface area contributed by atoms with Gasteiger partial charge in [-0.3, -0.25) is 9.58 Å². The molecule has 2 atom stereocenters. The maximum atomic E-state index is 14.5. The first-order chi connectivity index (χ1) is 16.0. The second-order valence-electron chi connectivity index (χ2n) is 8.73. The lowest BCUT2D eigenvalue weighted by atomic mass is 9.88. The highest BCUT2D eigenvalue weighted by atomic mass is 19.4. The molecule has 34 heavy (non-hydrogen) atoms. The molecule has 1 aliphatic rings. The maximum Gasteiger partial charge on any atom is 0.417 e. The summed E-state index contributed by atoms with van der Waals surface area (Å²) >= 11 is 0. The zero-order valence-corrected chi connectivity index (χ0v) is 18.8. The zero-order chi connectivity index (χ0) is 24.5. The molecule has 0 N–H and O–H groups in total. The van der Waals surface area contributed by atoms with Crippen LogP contribution in [-0.2, 0) is 19.8 Å². The van der Waals surface area contributed by atoms with Crippen LogP contribution in [0, 0.1) is 5.92 Å². The number of nitrogens with zero attached hydrogens (tertiary/aromatic N) is 4. The molecule has 1 fully saturated rings. The van der Waals surface area contributed by atoms with E-state index in [1.165, 1.54) is 0 Å². The summed E-state index contributed by atoms with van der Waals surface area (Å²) in [7, 11) is 1.78. The third-order valence-corrected chi connectivity index (χ3v) is 5.99. The monoisotopic (exact) mass is 480 g/mol. The highest BCUT2D eigenvalue weighted by molar-refractivity contribution is 5.65. The highest BCUT2D eigenvalue weighted by Crippen LogP contribution is 2.36. The second kappa shape index (κ2) is 9.32. The van der Waals surface area contributed by atoms with Crippen molar-refractivity contribution in [1.29, 1.82) is 0 Å². The predicted octanol–water partition coefficient (Wildman–Crippen LogP) is 5.43. The van der Waals surface area contributed by atoms with Gasteiger partial charge in [0.2, 0.25) is 5.88 Å². The van der Waals surface area contributed by atoms with Crippen LogP contribution in [0.3, 0.4) is 0 Å². The molecule has 3 heterocycles. The average Bonchev–Trinajstić information content (AvgIpc) is 3.13. The van der Waals surface area contributed by atoms with E-state index >= 15 is 0 Å². The molecule has 2 aromatic heterocycles. The van der Waals surface area contributed by atoms with Gasteiger partial charge < -0.3 is 4.74 Å². The molecule has 4 rings (SSSR count). The van der Waals surface area contributed by atoms with Gasteiger partial charge in [0.05, 0.1) is 17.8 Å². The smallest absolute Gasteiger partial charge is 0.417 e. The summed E-state index contributed by atoms with van der Waals surface area (Å²) < 4.78 is 74.6. The van der Waals surface area contributed by atoms with E-state index in [9.17, 15) is 22.0 Å². The van der Waals surface area contributed by atoms with Gasteiger partial charge in [-0.1, -0.05) is 37.3 Å². The summed E-state index contributed by atoms with van der Waals surface area (Å²) in [5, 5.41) is 4.51. The Hall–Kier alpha value is -3.01. The number of aromatic nitrogens is 3. The number of halogens is 5. The molecular formula is C24H25F5N4O. The predicted molar refractivity (Wildman–Crippen MR) is 116 cm³/mol. The van der Waals surface area contributed by atoms with E-state index in [0.717, 1.165) is 23.3 Å². The molecule has 0 bridgehead atoms. The van der Waals surface area contributed by atoms with Crippen molar-refractivity contribution < 1.29 is 26.7 Å². The molecule has 0 saturated carbocycles. The molecule has 0 aliphatic carbocycles. The van der Waals surface area contributed by atoms with Gasteiger partial charge in [-0.2, -0.15) is 18.3 Å². The molecule has 0 radical (unpaired) electrons. The molecule has 10 heteroatoms. The van der Waals surface area contributed by atoms with Crippen molar-refractivity contribution in [1.82, 2.24) is 19.7 Å². The van der Waals surface area contributed by atoms with E-state index in [-0.39, 0.29) is 25.5 Å². The second-order valence-corrected chi connectivity index (χ2v) is 8.73. The van der Waals surface area contributed by atoms with Gasteiger partial charge in [0.1, 0.15) is 6.61 Å². The Morgan fingerprint density at radius 2 is 1.85 bits per heavy atom. The Bertz CT molecular complexity index is 1100. The highest BCUT2D eigenvalue weighted by Gasteiger charge is 2.44. The molecule has 0 amide bonds. The lowest BCUT2D eigenvalue weighted by Crippen LogP contribution is -2.54. The van der Waals surface area contributed by atoms with Gasteiger partial charge in [-0.05, 0) is 17.5 Å². The van der Waals surface area contributed by atoms with Crippen molar-refractivity contribution in [2.75, 3.05) is 13.2 Å². The number of piperidine rings is 1. The Morgan fingerprint density at radius 1 is 1.12 bits per heavy atom. The quantitative estimate of drug-likeness (QED) is 0.442. The van der Waals surface area contributed by atoms with E-state index in [4.69, 9.17) is 4.74 Å². The summed E-state index contributed by atoms with van der Waals surface area (Å²) in [6, 6.07) is 11.2. The number of rotatable bonds is 6.